The number of anilines is 1. The summed E-state index contributed by atoms with van der Waals surface area (Å²) in [4.78, 5) is 30.1. The molecule has 0 aliphatic carbocycles. The van der Waals surface area contributed by atoms with Crippen LogP contribution in [0.4, 0.5) is 5.69 Å². The van der Waals surface area contributed by atoms with E-state index in [0.717, 1.165) is 15.4 Å². The van der Waals surface area contributed by atoms with E-state index in [0.29, 0.717) is 33.3 Å². The van der Waals surface area contributed by atoms with E-state index in [-0.39, 0.29) is 29.8 Å². The van der Waals surface area contributed by atoms with E-state index < -0.39 is 28.5 Å². The fourth-order valence-corrected chi connectivity index (χ4v) is 7.10. The molecule has 0 heterocycles. The molecule has 0 radical (unpaired) electrons. The molecule has 0 aliphatic rings. The van der Waals surface area contributed by atoms with Crippen LogP contribution in [0.1, 0.15) is 42.5 Å². The average molecular weight is 681 g/mol. The van der Waals surface area contributed by atoms with Gasteiger partial charge in [-0.25, -0.2) is 8.42 Å². The molecule has 4 aromatic rings. The zero-order valence-corrected chi connectivity index (χ0v) is 28.7. The summed E-state index contributed by atoms with van der Waals surface area (Å²) in [6.45, 7) is 6.88. The molecular weight excluding hydrogens is 641 g/mol. The average Bonchev–Trinajstić information content (AvgIpc) is 3.04. The van der Waals surface area contributed by atoms with E-state index in [1.165, 1.54) is 17.0 Å². The molecule has 0 spiro atoms. The Labute approximate surface area is 282 Å². The molecule has 0 bridgehead atoms. The smallest absolute Gasteiger partial charge is 0.264 e. The molecule has 2 amide bonds. The number of nitrogens with zero attached hydrogens (tertiary/aromatic N) is 2. The van der Waals surface area contributed by atoms with Crippen LogP contribution in [0, 0.1) is 13.8 Å². The van der Waals surface area contributed by atoms with E-state index in [1.807, 2.05) is 64.1 Å². The second-order valence-corrected chi connectivity index (χ2v) is 14.0. The van der Waals surface area contributed by atoms with Crippen LogP contribution >= 0.6 is 23.2 Å². The molecule has 10 heteroatoms. The predicted octanol–water partition coefficient (Wildman–Crippen LogP) is 7.36. The number of aryl methyl sites for hydroxylation is 1. The summed E-state index contributed by atoms with van der Waals surface area (Å²) in [6, 6.07) is 26.6. The molecule has 46 heavy (non-hydrogen) atoms. The van der Waals surface area contributed by atoms with Crippen LogP contribution in [0.5, 0.6) is 0 Å². The number of carbonyl (C=O) groups excluding carboxylic acids is 2. The summed E-state index contributed by atoms with van der Waals surface area (Å²) in [7, 11) is -4.21. The highest BCUT2D eigenvalue weighted by Crippen LogP contribution is 2.31. The number of hydrogen-bond donors (Lipinski definition) is 1. The predicted molar refractivity (Wildman–Crippen MR) is 186 cm³/mol. The molecule has 242 valence electrons. The molecule has 4 rings (SSSR count). The first kappa shape index (κ1) is 35.0. The van der Waals surface area contributed by atoms with Crippen molar-refractivity contribution in [2.75, 3.05) is 10.8 Å². The van der Waals surface area contributed by atoms with E-state index in [4.69, 9.17) is 23.2 Å². The number of amides is 2. The first-order valence-electron chi connectivity index (χ1n) is 15.1. The number of rotatable bonds is 13. The van der Waals surface area contributed by atoms with E-state index in [2.05, 4.69) is 5.32 Å². The zero-order valence-electron chi connectivity index (χ0n) is 26.4. The molecule has 0 saturated carbocycles. The quantitative estimate of drug-likeness (QED) is 0.160. The van der Waals surface area contributed by atoms with Gasteiger partial charge in [-0.1, -0.05) is 96.9 Å². The van der Waals surface area contributed by atoms with Gasteiger partial charge in [0.05, 0.1) is 10.6 Å². The Morgan fingerprint density at radius 1 is 0.826 bits per heavy atom. The molecule has 2 unspecified atom stereocenters. The summed E-state index contributed by atoms with van der Waals surface area (Å²) in [5, 5.41) is 3.68. The lowest BCUT2D eigenvalue weighted by Gasteiger charge is -2.35. The second-order valence-electron chi connectivity index (χ2n) is 11.3. The van der Waals surface area contributed by atoms with Crippen molar-refractivity contribution in [2.45, 2.75) is 64.1 Å². The number of benzene rings is 4. The Balaban J connectivity index is 1.87. The standard InChI is InChI=1S/C36H39Cl2N3O4S/c1-5-26(3)39-36(43)34(22-28-15-8-6-9-16-28)40(23-30-31(37)19-13-20-32(30)38)35(42)24-41(33-21-12-14-25(2)27(33)4)46(44,45)29-17-10-7-11-18-29/h6-21,26,34H,5,22-24H2,1-4H3,(H,39,43). The minimum atomic E-state index is -4.21. The monoisotopic (exact) mass is 679 g/mol. The molecule has 0 saturated heterocycles. The first-order valence-corrected chi connectivity index (χ1v) is 17.3. The highest BCUT2D eigenvalue weighted by molar-refractivity contribution is 7.92. The van der Waals surface area contributed by atoms with Crippen LogP contribution in [0.25, 0.3) is 0 Å². The lowest BCUT2D eigenvalue weighted by Crippen LogP contribution is -2.54. The van der Waals surface area contributed by atoms with Crippen LogP contribution in [-0.4, -0.2) is 43.8 Å². The van der Waals surface area contributed by atoms with E-state index in [9.17, 15) is 18.0 Å². The first-order chi connectivity index (χ1) is 21.9. The maximum absolute atomic E-state index is 14.7. The van der Waals surface area contributed by atoms with Gasteiger partial charge in [0, 0.05) is 34.6 Å². The maximum Gasteiger partial charge on any atom is 0.264 e. The summed E-state index contributed by atoms with van der Waals surface area (Å²) in [5.74, 6) is -0.949. The lowest BCUT2D eigenvalue weighted by atomic mass is 10.0. The van der Waals surface area contributed by atoms with Crippen molar-refractivity contribution in [3.8, 4) is 0 Å². The molecule has 7 nitrogen and oxygen atoms in total. The highest BCUT2D eigenvalue weighted by Gasteiger charge is 2.36. The molecule has 0 aromatic heterocycles. The van der Waals surface area contributed by atoms with Gasteiger partial charge in [0.1, 0.15) is 12.6 Å². The molecule has 4 aromatic carbocycles. The maximum atomic E-state index is 14.7. The number of nitrogens with one attached hydrogen (secondary N) is 1. The minimum Gasteiger partial charge on any atom is -0.352 e. The summed E-state index contributed by atoms with van der Waals surface area (Å²) in [6.07, 6.45) is 0.871. The Hall–Kier alpha value is -3.85. The molecule has 1 N–H and O–H groups in total. The van der Waals surface area contributed by atoms with Crippen LogP contribution in [0.3, 0.4) is 0 Å². The van der Waals surface area contributed by atoms with Gasteiger partial charge < -0.3 is 10.2 Å². The van der Waals surface area contributed by atoms with Crippen LogP contribution < -0.4 is 9.62 Å². The molecule has 2 atom stereocenters. The van der Waals surface area contributed by atoms with Crippen LogP contribution in [0.2, 0.25) is 10.0 Å². The summed E-state index contributed by atoms with van der Waals surface area (Å²) < 4.78 is 29.6. The Morgan fingerprint density at radius 2 is 1.41 bits per heavy atom. The van der Waals surface area contributed by atoms with Crippen molar-refractivity contribution in [3.05, 3.63) is 129 Å². The third-order valence-electron chi connectivity index (χ3n) is 8.12. The number of sulfonamides is 1. The topological polar surface area (TPSA) is 86.8 Å². The van der Waals surface area contributed by atoms with Crippen molar-refractivity contribution in [1.29, 1.82) is 0 Å². The largest absolute Gasteiger partial charge is 0.352 e. The minimum absolute atomic E-state index is 0.0414. The number of halogens is 2. The van der Waals surface area contributed by atoms with Gasteiger partial charge in [-0.3, -0.25) is 13.9 Å². The number of hydrogen-bond acceptors (Lipinski definition) is 4. The van der Waals surface area contributed by atoms with Crippen LogP contribution in [-0.2, 0) is 32.6 Å². The van der Waals surface area contributed by atoms with Crippen molar-refractivity contribution in [2.24, 2.45) is 0 Å². The molecular formula is C36H39Cl2N3O4S. The van der Waals surface area contributed by atoms with Gasteiger partial charge in [-0.2, -0.15) is 0 Å². The molecule has 0 fully saturated rings. The second kappa shape index (κ2) is 15.6. The Kier molecular flexibility index (Phi) is 11.9. The summed E-state index contributed by atoms with van der Waals surface area (Å²) >= 11 is 13.2. The highest BCUT2D eigenvalue weighted by atomic mass is 35.5. The Bertz CT molecular complexity index is 1750. The normalized spacial score (nSPS) is 12.7. The third-order valence-corrected chi connectivity index (χ3v) is 10.6. The van der Waals surface area contributed by atoms with Gasteiger partial charge in [-0.15, -0.1) is 0 Å². The SMILES string of the molecule is CCC(C)NC(=O)C(Cc1ccccc1)N(Cc1c(Cl)cccc1Cl)C(=O)CN(c1cccc(C)c1C)S(=O)(=O)c1ccccc1. The number of carbonyl (C=O) groups is 2. The van der Waals surface area contributed by atoms with Crippen molar-refractivity contribution in [1.82, 2.24) is 10.2 Å². The van der Waals surface area contributed by atoms with Crippen LogP contribution in [0.15, 0.2) is 102 Å². The van der Waals surface area contributed by atoms with Crippen molar-refractivity contribution < 1.29 is 18.0 Å². The van der Waals surface area contributed by atoms with Crippen molar-refractivity contribution >= 4 is 50.7 Å². The van der Waals surface area contributed by atoms with Gasteiger partial charge in [0.25, 0.3) is 10.0 Å². The van der Waals surface area contributed by atoms with Gasteiger partial charge in [0.15, 0.2) is 0 Å². The van der Waals surface area contributed by atoms with Gasteiger partial charge >= 0.3 is 0 Å². The third kappa shape index (κ3) is 8.29. The fraction of sp³-hybridized carbons (Fsp3) is 0.278. The van der Waals surface area contributed by atoms with Gasteiger partial charge in [0.2, 0.25) is 11.8 Å². The lowest BCUT2D eigenvalue weighted by molar-refractivity contribution is -0.140. The van der Waals surface area contributed by atoms with Crippen molar-refractivity contribution in [3.63, 3.8) is 0 Å². The molecule has 0 aliphatic heterocycles. The fourth-order valence-electron chi connectivity index (χ4n) is 5.09. The Morgan fingerprint density at radius 3 is 2.02 bits per heavy atom. The zero-order chi connectivity index (χ0) is 33.4. The van der Waals surface area contributed by atoms with Gasteiger partial charge in [-0.05, 0) is 74.2 Å². The van der Waals surface area contributed by atoms with E-state index >= 15 is 0 Å². The summed E-state index contributed by atoms with van der Waals surface area (Å²) in [5.41, 5.74) is 3.24. The van der Waals surface area contributed by atoms with E-state index in [1.54, 1.807) is 48.5 Å².